The van der Waals surface area contributed by atoms with Crippen LogP contribution in [0.2, 0.25) is 0 Å². The molecule has 2 aromatic carbocycles. The molecule has 1 N–H and O–H groups in total. The van der Waals surface area contributed by atoms with Crippen molar-refractivity contribution < 1.29 is 4.79 Å². The number of benzene rings is 2. The standard InChI is InChI=1S/C17H14N4O/c22-16-14(12-7-3-1-4-8-12)20-17-18-11-19-21(17)15(16)13-9-5-2-6-10-13/h1-11,14-15H,(H,18,19,20). The van der Waals surface area contributed by atoms with Gasteiger partial charge in [0, 0.05) is 0 Å². The minimum atomic E-state index is -0.454. The first-order valence-corrected chi connectivity index (χ1v) is 7.14. The van der Waals surface area contributed by atoms with Crippen LogP contribution >= 0.6 is 0 Å². The third-order valence-electron chi connectivity index (χ3n) is 3.89. The number of anilines is 1. The number of ketones is 1. The van der Waals surface area contributed by atoms with Gasteiger partial charge in [0.05, 0.1) is 0 Å². The first-order chi connectivity index (χ1) is 10.8. The second-order valence-electron chi connectivity index (χ2n) is 5.23. The molecule has 0 aliphatic carbocycles. The summed E-state index contributed by atoms with van der Waals surface area (Å²) in [5.74, 6) is 0.678. The molecule has 4 rings (SSSR count). The van der Waals surface area contributed by atoms with E-state index in [2.05, 4.69) is 15.4 Å². The van der Waals surface area contributed by atoms with Gasteiger partial charge >= 0.3 is 0 Å². The monoisotopic (exact) mass is 290 g/mol. The van der Waals surface area contributed by atoms with Crippen LogP contribution in [0.1, 0.15) is 23.2 Å². The minimum absolute atomic E-state index is 0.0652. The lowest BCUT2D eigenvalue weighted by atomic mass is 9.92. The highest BCUT2D eigenvalue weighted by Crippen LogP contribution is 2.34. The van der Waals surface area contributed by atoms with Gasteiger partial charge < -0.3 is 5.32 Å². The van der Waals surface area contributed by atoms with Gasteiger partial charge in [0.25, 0.3) is 0 Å². The topological polar surface area (TPSA) is 59.8 Å². The molecular weight excluding hydrogens is 276 g/mol. The Labute approximate surface area is 127 Å². The Morgan fingerprint density at radius 1 is 0.909 bits per heavy atom. The highest BCUT2D eigenvalue weighted by molar-refractivity contribution is 5.94. The van der Waals surface area contributed by atoms with Crippen LogP contribution in [0, 0.1) is 0 Å². The quantitative estimate of drug-likeness (QED) is 0.788. The minimum Gasteiger partial charge on any atom is -0.340 e. The van der Waals surface area contributed by atoms with Crippen molar-refractivity contribution in [2.24, 2.45) is 0 Å². The maximum Gasteiger partial charge on any atom is 0.222 e. The van der Waals surface area contributed by atoms with E-state index in [-0.39, 0.29) is 5.78 Å². The van der Waals surface area contributed by atoms with Crippen molar-refractivity contribution in [1.82, 2.24) is 14.8 Å². The normalized spacial score (nSPS) is 20.3. The fourth-order valence-electron chi connectivity index (χ4n) is 2.85. The van der Waals surface area contributed by atoms with Gasteiger partial charge in [0.2, 0.25) is 5.95 Å². The van der Waals surface area contributed by atoms with Gasteiger partial charge in [-0.25, -0.2) is 4.68 Å². The summed E-state index contributed by atoms with van der Waals surface area (Å²) in [7, 11) is 0. The van der Waals surface area contributed by atoms with Gasteiger partial charge in [-0.2, -0.15) is 10.1 Å². The van der Waals surface area contributed by atoms with Crippen molar-refractivity contribution >= 4 is 11.7 Å². The van der Waals surface area contributed by atoms with Crippen LogP contribution in [0.4, 0.5) is 5.95 Å². The average Bonchev–Trinajstić information content (AvgIpc) is 3.04. The molecule has 2 atom stereocenters. The molecule has 1 aliphatic rings. The Kier molecular flexibility index (Phi) is 2.96. The van der Waals surface area contributed by atoms with Crippen LogP contribution < -0.4 is 5.32 Å². The number of nitrogens with one attached hydrogen (secondary N) is 1. The number of hydrogen-bond donors (Lipinski definition) is 1. The Morgan fingerprint density at radius 3 is 2.23 bits per heavy atom. The molecule has 0 saturated heterocycles. The number of fused-ring (bicyclic) bond motifs is 1. The van der Waals surface area contributed by atoms with Crippen molar-refractivity contribution in [1.29, 1.82) is 0 Å². The first kappa shape index (κ1) is 12.8. The van der Waals surface area contributed by atoms with Crippen molar-refractivity contribution in [3.8, 4) is 0 Å². The molecule has 108 valence electrons. The summed E-state index contributed by atoms with van der Waals surface area (Å²) in [6.45, 7) is 0. The van der Waals surface area contributed by atoms with Crippen molar-refractivity contribution in [2.75, 3.05) is 5.32 Å². The fraction of sp³-hybridized carbons (Fsp3) is 0.118. The molecule has 22 heavy (non-hydrogen) atoms. The number of nitrogens with zero attached hydrogens (tertiary/aromatic N) is 3. The van der Waals surface area contributed by atoms with E-state index in [4.69, 9.17) is 0 Å². The lowest BCUT2D eigenvalue weighted by Crippen LogP contribution is -2.37. The van der Waals surface area contributed by atoms with Crippen LogP contribution in [-0.4, -0.2) is 20.5 Å². The summed E-state index contributed by atoms with van der Waals surface area (Å²) in [6.07, 6.45) is 1.47. The number of carbonyl (C=O) groups excluding carboxylic acids is 1. The second kappa shape index (κ2) is 5.11. The predicted molar refractivity (Wildman–Crippen MR) is 82.4 cm³/mol. The van der Waals surface area contributed by atoms with E-state index in [1.54, 1.807) is 4.68 Å². The Balaban J connectivity index is 1.83. The van der Waals surface area contributed by atoms with Crippen molar-refractivity contribution in [3.63, 3.8) is 0 Å². The fourth-order valence-corrected chi connectivity index (χ4v) is 2.85. The lowest BCUT2D eigenvalue weighted by molar-refractivity contribution is -0.122. The Morgan fingerprint density at radius 2 is 1.55 bits per heavy atom. The molecule has 0 saturated carbocycles. The second-order valence-corrected chi connectivity index (χ2v) is 5.23. The van der Waals surface area contributed by atoms with E-state index in [9.17, 15) is 4.79 Å². The van der Waals surface area contributed by atoms with Gasteiger partial charge in [0.1, 0.15) is 18.4 Å². The Bertz CT molecular complexity index is 798. The summed E-state index contributed by atoms with van der Waals surface area (Å²) < 4.78 is 1.65. The zero-order valence-electron chi connectivity index (χ0n) is 11.8. The molecule has 1 aliphatic heterocycles. The molecule has 5 nitrogen and oxygen atoms in total. The summed E-state index contributed by atoms with van der Waals surface area (Å²) in [5, 5.41) is 7.40. The number of Topliss-reactive ketones (excluding diaryl/α,β-unsaturated/α-hetero) is 1. The van der Waals surface area contributed by atoms with Gasteiger partial charge in [-0.1, -0.05) is 60.7 Å². The molecule has 0 amide bonds. The molecule has 0 fully saturated rings. The molecule has 5 heteroatoms. The number of carbonyl (C=O) groups is 1. The zero-order valence-corrected chi connectivity index (χ0v) is 11.8. The Hall–Kier alpha value is -2.95. The zero-order chi connectivity index (χ0) is 14.9. The molecule has 2 heterocycles. The molecule has 2 unspecified atom stereocenters. The van der Waals surface area contributed by atoms with Crippen LogP contribution in [0.3, 0.4) is 0 Å². The lowest BCUT2D eigenvalue weighted by Gasteiger charge is -2.30. The highest BCUT2D eigenvalue weighted by Gasteiger charge is 2.37. The summed E-state index contributed by atoms with van der Waals surface area (Å²) >= 11 is 0. The molecule has 1 aromatic heterocycles. The largest absolute Gasteiger partial charge is 0.340 e. The van der Waals surface area contributed by atoms with Gasteiger partial charge in [0.15, 0.2) is 5.78 Å². The van der Waals surface area contributed by atoms with Crippen molar-refractivity contribution in [2.45, 2.75) is 12.1 Å². The molecule has 3 aromatic rings. The smallest absolute Gasteiger partial charge is 0.222 e. The predicted octanol–water partition coefficient (Wildman–Crippen LogP) is 2.60. The van der Waals surface area contributed by atoms with E-state index in [0.717, 1.165) is 11.1 Å². The molecule has 0 bridgehead atoms. The summed E-state index contributed by atoms with van der Waals surface area (Å²) in [6, 6.07) is 18.5. The number of hydrogen-bond acceptors (Lipinski definition) is 4. The van der Waals surface area contributed by atoms with E-state index < -0.39 is 12.1 Å². The van der Waals surface area contributed by atoms with Gasteiger partial charge in [-0.05, 0) is 11.1 Å². The van der Waals surface area contributed by atoms with Crippen LogP contribution in [0.5, 0.6) is 0 Å². The van der Waals surface area contributed by atoms with Crippen LogP contribution in [-0.2, 0) is 4.79 Å². The SMILES string of the molecule is O=C1C(c2ccccc2)Nc2ncnn2C1c1ccccc1. The molecule has 0 radical (unpaired) electrons. The average molecular weight is 290 g/mol. The third kappa shape index (κ3) is 1.98. The van der Waals surface area contributed by atoms with Gasteiger partial charge in [-0.15, -0.1) is 0 Å². The summed E-state index contributed by atoms with van der Waals surface area (Å²) in [5.41, 5.74) is 1.85. The maximum atomic E-state index is 13.0. The van der Waals surface area contributed by atoms with Crippen molar-refractivity contribution in [3.05, 3.63) is 78.1 Å². The van der Waals surface area contributed by atoms with E-state index in [1.807, 2.05) is 60.7 Å². The van der Waals surface area contributed by atoms with E-state index in [1.165, 1.54) is 6.33 Å². The summed E-state index contributed by atoms with van der Waals surface area (Å²) in [4.78, 5) is 17.3. The number of rotatable bonds is 2. The van der Waals surface area contributed by atoms with E-state index >= 15 is 0 Å². The highest BCUT2D eigenvalue weighted by atomic mass is 16.1. The van der Waals surface area contributed by atoms with Crippen LogP contribution in [0.15, 0.2) is 67.0 Å². The van der Waals surface area contributed by atoms with Crippen LogP contribution in [0.25, 0.3) is 0 Å². The first-order valence-electron chi connectivity index (χ1n) is 7.14. The third-order valence-corrected chi connectivity index (χ3v) is 3.89. The van der Waals surface area contributed by atoms with E-state index in [0.29, 0.717) is 5.95 Å². The van der Waals surface area contributed by atoms with Gasteiger partial charge in [-0.3, -0.25) is 4.79 Å². The molecule has 0 spiro atoms. The maximum absolute atomic E-state index is 13.0. The number of aromatic nitrogens is 3. The molecular formula is C17H14N4O.